The van der Waals surface area contributed by atoms with Crippen LogP contribution in [-0.4, -0.2) is 19.0 Å². The van der Waals surface area contributed by atoms with Crippen molar-refractivity contribution in [3.8, 4) is 0 Å². The van der Waals surface area contributed by atoms with E-state index >= 15 is 0 Å². The van der Waals surface area contributed by atoms with E-state index in [-0.39, 0.29) is 12.6 Å². The van der Waals surface area contributed by atoms with Gasteiger partial charge in [-0.15, -0.1) is 0 Å². The van der Waals surface area contributed by atoms with Gasteiger partial charge in [-0.3, -0.25) is 4.39 Å². The molecule has 0 spiro atoms. The predicted molar refractivity (Wildman–Crippen MR) is 85.9 cm³/mol. The van der Waals surface area contributed by atoms with Gasteiger partial charge in [0.2, 0.25) is 0 Å². The Kier molecular flexibility index (Phi) is 12.2. The lowest BCUT2D eigenvalue weighted by atomic mass is 9.92. The third-order valence-corrected chi connectivity index (χ3v) is 4.36. The Morgan fingerprint density at radius 1 is 0.714 bits per heavy atom. The molecule has 0 aromatic rings. The van der Waals surface area contributed by atoms with Crippen molar-refractivity contribution in [2.75, 3.05) is 6.67 Å². The van der Waals surface area contributed by atoms with Crippen LogP contribution < -0.4 is 0 Å². The second kappa shape index (κ2) is 12.3. The third-order valence-electron chi connectivity index (χ3n) is 4.36. The van der Waals surface area contributed by atoms with E-state index in [9.17, 15) is 13.2 Å². The first-order valence-corrected chi connectivity index (χ1v) is 8.70. The maximum Gasteiger partial charge on any atom is 0.102 e. The van der Waals surface area contributed by atoms with Crippen molar-refractivity contribution >= 4 is 0 Å². The summed E-state index contributed by atoms with van der Waals surface area (Å²) >= 11 is 0. The van der Waals surface area contributed by atoms with Gasteiger partial charge in [-0.25, -0.2) is 8.78 Å². The molecule has 0 aromatic heterocycles. The van der Waals surface area contributed by atoms with E-state index in [1.54, 1.807) is 0 Å². The summed E-state index contributed by atoms with van der Waals surface area (Å²) in [7, 11) is 0. The van der Waals surface area contributed by atoms with Crippen LogP contribution in [0.3, 0.4) is 0 Å². The van der Waals surface area contributed by atoms with Gasteiger partial charge in [0.05, 0.1) is 6.67 Å². The zero-order chi connectivity index (χ0) is 16.3. The van der Waals surface area contributed by atoms with Gasteiger partial charge >= 0.3 is 0 Å². The Labute approximate surface area is 129 Å². The van der Waals surface area contributed by atoms with Crippen molar-refractivity contribution in [1.29, 1.82) is 0 Å². The largest absolute Gasteiger partial charge is 0.251 e. The highest BCUT2D eigenvalue weighted by Gasteiger charge is 2.15. The zero-order valence-electron chi connectivity index (χ0n) is 14.4. The fraction of sp³-hybridized carbons (Fsp3) is 1.00. The van der Waals surface area contributed by atoms with Gasteiger partial charge in [-0.1, -0.05) is 40.5 Å². The molecule has 0 nitrogen and oxygen atoms in total. The van der Waals surface area contributed by atoms with Crippen LogP contribution in [0.15, 0.2) is 0 Å². The van der Waals surface area contributed by atoms with Crippen LogP contribution in [0, 0.1) is 17.8 Å². The van der Waals surface area contributed by atoms with Crippen molar-refractivity contribution in [1.82, 2.24) is 0 Å². The van der Waals surface area contributed by atoms with Crippen LogP contribution in [0.1, 0.15) is 79.1 Å². The second-order valence-corrected chi connectivity index (χ2v) is 7.14. The summed E-state index contributed by atoms with van der Waals surface area (Å²) in [5.74, 6) is 0.813. The quantitative estimate of drug-likeness (QED) is 0.356. The second-order valence-electron chi connectivity index (χ2n) is 7.14. The van der Waals surface area contributed by atoms with E-state index in [4.69, 9.17) is 0 Å². The maximum atomic E-state index is 13.9. The molecule has 0 aromatic carbocycles. The molecule has 3 heteroatoms. The summed E-state index contributed by atoms with van der Waals surface area (Å²) < 4.78 is 39.4. The fourth-order valence-electron chi connectivity index (χ4n) is 2.70. The smallest absolute Gasteiger partial charge is 0.102 e. The molecule has 0 radical (unpaired) electrons. The molecule has 0 N–H and O–H groups in total. The Morgan fingerprint density at radius 3 is 1.90 bits per heavy atom. The summed E-state index contributed by atoms with van der Waals surface area (Å²) in [5, 5.41) is 0. The third kappa shape index (κ3) is 12.1. The molecule has 21 heavy (non-hydrogen) atoms. The van der Waals surface area contributed by atoms with Crippen molar-refractivity contribution in [3.05, 3.63) is 0 Å². The van der Waals surface area contributed by atoms with Gasteiger partial charge in [-0.05, 0) is 56.3 Å². The number of hydrogen-bond acceptors (Lipinski definition) is 0. The summed E-state index contributed by atoms with van der Waals surface area (Å²) in [5.41, 5.74) is 0. The lowest BCUT2D eigenvalue weighted by molar-refractivity contribution is 0.214. The van der Waals surface area contributed by atoms with Crippen molar-refractivity contribution < 1.29 is 13.2 Å². The number of rotatable bonds is 13. The standard InChI is InChI=1S/C18H35F3/c1-14(2)18(21)9-5-7-16(4)13-17(20)11-10-15(3)8-6-12-19/h14-18H,5-13H2,1-4H3. The van der Waals surface area contributed by atoms with E-state index in [2.05, 4.69) is 13.8 Å². The molecule has 0 rings (SSSR count). The lowest BCUT2D eigenvalue weighted by Gasteiger charge is -2.18. The van der Waals surface area contributed by atoms with Crippen LogP contribution >= 0.6 is 0 Å². The van der Waals surface area contributed by atoms with E-state index in [0.29, 0.717) is 37.5 Å². The van der Waals surface area contributed by atoms with Crippen LogP contribution in [0.5, 0.6) is 0 Å². The van der Waals surface area contributed by atoms with Crippen molar-refractivity contribution in [3.63, 3.8) is 0 Å². The first-order valence-electron chi connectivity index (χ1n) is 8.70. The molecule has 0 aliphatic heterocycles. The van der Waals surface area contributed by atoms with Crippen LogP contribution in [0.25, 0.3) is 0 Å². The maximum absolute atomic E-state index is 13.9. The molecule has 0 saturated heterocycles. The minimum atomic E-state index is -0.765. The average molecular weight is 308 g/mol. The first-order chi connectivity index (χ1) is 9.86. The van der Waals surface area contributed by atoms with Crippen LogP contribution in [0.2, 0.25) is 0 Å². The van der Waals surface area contributed by atoms with Gasteiger partial charge < -0.3 is 0 Å². The molecule has 4 unspecified atom stereocenters. The summed E-state index contributed by atoms with van der Waals surface area (Å²) in [6.45, 7) is 7.65. The first kappa shape index (κ1) is 20.8. The molecule has 0 aliphatic rings. The molecular weight excluding hydrogens is 273 g/mol. The molecule has 0 amide bonds. The highest BCUT2D eigenvalue weighted by molar-refractivity contribution is 4.67. The monoisotopic (exact) mass is 308 g/mol. The fourth-order valence-corrected chi connectivity index (χ4v) is 2.70. The number of hydrogen-bond donors (Lipinski definition) is 0. The molecule has 4 atom stereocenters. The molecule has 0 aliphatic carbocycles. The number of alkyl halides is 3. The topological polar surface area (TPSA) is 0 Å². The van der Waals surface area contributed by atoms with Crippen molar-refractivity contribution in [2.45, 2.75) is 91.4 Å². The molecule has 128 valence electrons. The SMILES string of the molecule is CC(CCCF)CCC(F)CC(C)CCCC(F)C(C)C. The van der Waals surface area contributed by atoms with E-state index in [1.165, 1.54) is 0 Å². The van der Waals surface area contributed by atoms with Gasteiger partial charge in [0.25, 0.3) is 0 Å². The lowest BCUT2D eigenvalue weighted by Crippen LogP contribution is -2.12. The Hall–Kier alpha value is -0.210. The molecule has 0 saturated carbocycles. The minimum absolute atomic E-state index is 0.0834. The molecule has 0 bridgehead atoms. The average Bonchev–Trinajstić information content (AvgIpc) is 2.42. The highest BCUT2D eigenvalue weighted by Crippen LogP contribution is 2.23. The Morgan fingerprint density at radius 2 is 1.33 bits per heavy atom. The van der Waals surface area contributed by atoms with Crippen LogP contribution in [0.4, 0.5) is 13.2 Å². The van der Waals surface area contributed by atoms with E-state index < -0.39 is 12.3 Å². The Balaban J connectivity index is 3.67. The van der Waals surface area contributed by atoms with Crippen LogP contribution in [-0.2, 0) is 0 Å². The molecule has 0 fully saturated rings. The summed E-state index contributed by atoms with van der Waals surface area (Å²) in [6, 6.07) is 0. The number of halogens is 3. The van der Waals surface area contributed by atoms with Gasteiger partial charge in [-0.2, -0.15) is 0 Å². The predicted octanol–water partition coefficient (Wildman–Crippen LogP) is 6.68. The van der Waals surface area contributed by atoms with Gasteiger partial charge in [0.15, 0.2) is 0 Å². The highest BCUT2D eigenvalue weighted by atomic mass is 19.1. The minimum Gasteiger partial charge on any atom is -0.251 e. The normalized spacial score (nSPS) is 17.7. The van der Waals surface area contributed by atoms with Gasteiger partial charge in [0.1, 0.15) is 12.3 Å². The summed E-state index contributed by atoms with van der Waals surface area (Å²) in [6.07, 6.45) is 4.30. The molecular formula is C18H35F3. The molecule has 0 heterocycles. The zero-order valence-corrected chi connectivity index (χ0v) is 14.4. The van der Waals surface area contributed by atoms with Crippen molar-refractivity contribution in [2.24, 2.45) is 17.8 Å². The van der Waals surface area contributed by atoms with Gasteiger partial charge in [0, 0.05) is 0 Å². The summed E-state index contributed by atoms with van der Waals surface area (Å²) in [4.78, 5) is 0. The van der Waals surface area contributed by atoms with E-state index in [1.807, 2.05) is 13.8 Å². The Bertz CT molecular complexity index is 231. The van der Waals surface area contributed by atoms with E-state index in [0.717, 1.165) is 25.7 Å².